The van der Waals surface area contributed by atoms with Gasteiger partial charge in [0.1, 0.15) is 11.4 Å². The summed E-state index contributed by atoms with van der Waals surface area (Å²) in [6.07, 6.45) is 1.04. The number of aryl methyl sites for hydroxylation is 2. The lowest BCUT2D eigenvalue weighted by atomic mass is 10.1. The number of hydrogen-bond donors (Lipinski definition) is 1. The van der Waals surface area contributed by atoms with Crippen LogP contribution in [0.4, 0.5) is 0 Å². The average molecular weight is 480 g/mol. The van der Waals surface area contributed by atoms with Gasteiger partial charge >= 0.3 is 0 Å². The lowest BCUT2D eigenvalue weighted by Crippen LogP contribution is -2.28. The predicted octanol–water partition coefficient (Wildman–Crippen LogP) is 3.94. The first kappa shape index (κ1) is 23.7. The Morgan fingerprint density at radius 1 is 1.21 bits per heavy atom. The predicted molar refractivity (Wildman–Crippen MR) is 134 cm³/mol. The van der Waals surface area contributed by atoms with E-state index in [1.165, 1.54) is 15.7 Å². The van der Waals surface area contributed by atoms with Crippen molar-refractivity contribution in [3.8, 4) is 22.7 Å². The molecule has 1 amide bonds. The molecule has 1 aromatic carbocycles. The Morgan fingerprint density at radius 2 is 1.94 bits per heavy atom. The molecule has 0 radical (unpaired) electrons. The zero-order valence-electron chi connectivity index (χ0n) is 20.1. The summed E-state index contributed by atoms with van der Waals surface area (Å²) in [5.41, 5.74) is 3.77. The smallest absolute Gasteiger partial charge is 0.268 e. The monoisotopic (exact) mass is 479 g/mol. The highest BCUT2D eigenvalue weighted by Gasteiger charge is 2.20. The molecule has 0 atom stereocenters. The summed E-state index contributed by atoms with van der Waals surface area (Å²) in [5, 5.41) is 9.48. The first-order chi connectivity index (χ1) is 16.3. The number of aromatic nitrogens is 4. The molecule has 4 aromatic rings. The van der Waals surface area contributed by atoms with E-state index in [0.717, 1.165) is 23.6 Å². The maximum Gasteiger partial charge on any atom is 0.268 e. The maximum atomic E-state index is 13.6. The van der Waals surface area contributed by atoms with Crippen LogP contribution in [0, 0.1) is 19.8 Å². The van der Waals surface area contributed by atoms with E-state index in [1.54, 1.807) is 11.8 Å². The molecule has 0 saturated heterocycles. The van der Waals surface area contributed by atoms with Gasteiger partial charge in [-0.1, -0.05) is 13.8 Å². The number of hydrogen-bond acceptors (Lipinski definition) is 6. The van der Waals surface area contributed by atoms with Crippen LogP contribution in [0.3, 0.4) is 0 Å². The zero-order valence-corrected chi connectivity index (χ0v) is 20.9. The first-order valence-electron chi connectivity index (χ1n) is 11.3. The van der Waals surface area contributed by atoms with Crippen molar-refractivity contribution in [3.63, 3.8) is 0 Å². The van der Waals surface area contributed by atoms with Gasteiger partial charge in [0.2, 0.25) is 5.91 Å². The van der Waals surface area contributed by atoms with Crippen molar-refractivity contribution >= 4 is 22.2 Å². The van der Waals surface area contributed by atoms with Crippen LogP contribution >= 0.6 is 11.3 Å². The first-order valence-corrected chi connectivity index (χ1v) is 12.1. The molecule has 3 aromatic heterocycles. The third-order valence-corrected chi connectivity index (χ3v) is 6.54. The number of carbonyl (C=O) groups excluding carboxylic acids is 1. The van der Waals surface area contributed by atoms with Crippen LogP contribution in [0.25, 0.3) is 21.9 Å². The SMILES string of the molecule is COc1ccc(-n2nc(-c3c(C)nc4scc(CC(=O)NCCC(C)C)n4c3=O)cc2C)cc1. The lowest BCUT2D eigenvalue weighted by molar-refractivity contribution is -0.120. The van der Waals surface area contributed by atoms with Crippen molar-refractivity contribution in [3.05, 3.63) is 63.1 Å². The number of benzene rings is 1. The summed E-state index contributed by atoms with van der Waals surface area (Å²) < 4.78 is 8.56. The van der Waals surface area contributed by atoms with E-state index in [-0.39, 0.29) is 17.9 Å². The number of thiazole rings is 1. The summed E-state index contributed by atoms with van der Waals surface area (Å²) in [5.74, 6) is 1.17. The Labute approximate surface area is 202 Å². The van der Waals surface area contributed by atoms with Gasteiger partial charge in [0.25, 0.3) is 5.56 Å². The lowest BCUT2D eigenvalue weighted by Gasteiger charge is -2.08. The van der Waals surface area contributed by atoms with E-state index in [4.69, 9.17) is 9.84 Å². The summed E-state index contributed by atoms with van der Waals surface area (Å²) in [6, 6.07) is 9.45. The van der Waals surface area contributed by atoms with Crippen LogP contribution in [0.1, 0.15) is 37.4 Å². The highest BCUT2D eigenvalue weighted by atomic mass is 32.1. The molecule has 34 heavy (non-hydrogen) atoms. The second-order valence-corrected chi connectivity index (χ2v) is 9.55. The van der Waals surface area contributed by atoms with Gasteiger partial charge in [-0.05, 0) is 56.5 Å². The van der Waals surface area contributed by atoms with Gasteiger partial charge in [-0.2, -0.15) is 5.10 Å². The molecular formula is C25H29N5O3S. The van der Waals surface area contributed by atoms with Crippen molar-refractivity contribution in [1.82, 2.24) is 24.5 Å². The molecule has 9 heteroatoms. The van der Waals surface area contributed by atoms with Gasteiger partial charge in [0.15, 0.2) is 4.96 Å². The van der Waals surface area contributed by atoms with Gasteiger partial charge in [0, 0.05) is 23.3 Å². The van der Waals surface area contributed by atoms with E-state index in [2.05, 4.69) is 24.1 Å². The number of nitrogens with zero attached hydrogens (tertiary/aromatic N) is 4. The molecule has 0 aliphatic carbocycles. The van der Waals surface area contributed by atoms with Crippen molar-refractivity contribution in [2.24, 2.45) is 5.92 Å². The standard InChI is InChI=1S/C25H29N5O3S/c1-15(2)10-11-26-22(31)13-19-14-34-25-27-17(4)23(24(32)29(19)25)21-12-16(3)30(28-21)18-6-8-20(33-5)9-7-18/h6-9,12,14-15H,10-11,13H2,1-5H3,(H,26,31). The Kier molecular flexibility index (Phi) is 6.83. The molecule has 178 valence electrons. The highest BCUT2D eigenvalue weighted by Crippen LogP contribution is 2.24. The summed E-state index contributed by atoms with van der Waals surface area (Å²) in [4.78, 5) is 31.3. The topological polar surface area (TPSA) is 90.5 Å². The molecule has 1 N–H and O–H groups in total. The van der Waals surface area contributed by atoms with E-state index >= 15 is 0 Å². The molecule has 0 unspecified atom stereocenters. The minimum Gasteiger partial charge on any atom is -0.497 e. The average Bonchev–Trinajstić information content (AvgIpc) is 3.36. The van der Waals surface area contributed by atoms with Crippen LogP contribution < -0.4 is 15.6 Å². The van der Waals surface area contributed by atoms with Gasteiger partial charge in [0.05, 0.1) is 30.5 Å². The number of fused-ring (bicyclic) bond motifs is 1. The number of rotatable bonds is 8. The van der Waals surface area contributed by atoms with Crippen molar-refractivity contribution < 1.29 is 9.53 Å². The van der Waals surface area contributed by atoms with Crippen molar-refractivity contribution in [2.75, 3.05) is 13.7 Å². The molecule has 0 saturated carbocycles. The van der Waals surface area contributed by atoms with Crippen LogP contribution in [0.15, 0.2) is 40.5 Å². The molecule has 0 spiro atoms. The van der Waals surface area contributed by atoms with Gasteiger partial charge in [-0.3, -0.25) is 14.0 Å². The summed E-state index contributed by atoms with van der Waals surface area (Å²) >= 11 is 1.36. The van der Waals surface area contributed by atoms with Crippen LogP contribution in [0.5, 0.6) is 5.75 Å². The fourth-order valence-corrected chi connectivity index (χ4v) is 4.76. The second-order valence-electron chi connectivity index (χ2n) is 8.71. The Morgan fingerprint density at radius 3 is 2.62 bits per heavy atom. The fraction of sp³-hybridized carbons (Fsp3) is 0.360. The van der Waals surface area contributed by atoms with Crippen molar-refractivity contribution in [2.45, 2.75) is 40.5 Å². The van der Waals surface area contributed by atoms with E-state index in [9.17, 15) is 9.59 Å². The minimum atomic E-state index is -0.215. The zero-order chi connectivity index (χ0) is 24.4. The van der Waals surface area contributed by atoms with Crippen LogP contribution in [-0.2, 0) is 11.2 Å². The Bertz CT molecular complexity index is 1380. The van der Waals surface area contributed by atoms with Crippen LogP contribution in [0.2, 0.25) is 0 Å². The molecular weight excluding hydrogens is 450 g/mol. The third kappa shape index (κ3) is 4.75. The molecule has 4 rings (SSSR count). The fourth-order valence-electron chi connectivity index (χ4n) is 3.83. The van der Waals surface area contributed by atoms with Gasteiger partial charge < -0.3 is 10.1 Å². The number of ether oxygens (including phenoxy) is 1. The number of nitrogens with one attached hydrogen (secondary N) is 1. The normalized spacial score (nSPS) is 11.4. The molecule has 0 aliphatic heterocycles. The largest absolute Gasteiger partial charge is 0.497 e. The van der Waals surface area contributed by atoms with E-state index in [1.807, 2.05) is 49.6 Å². The molecule has 3 heterocycles. The molecule has 0 aliphatic rings. The number of methoxy groups -OCH3 is 1. The highest BCUT2D eigenvalue weighted by molar-refractivity contribution is 7.15. The van der Waals surface area contributed by atoms with E-state index in [0.29, 0.717) is 40.1 Å². The third-order valence-electron chi connectivity index (χ3n) is 5.67. The minimum absolute atomic E-state index is 0.103. The Balaban J connectivity index is 1.69. The Hall–Kier alpha value is -3.46. The molecule has 0 fully saturated rings. The van der Waals surface area contributed by atoms with Gasteiger partial charge in [-0.25, -0.2) is 9.67 Å². The number of amides is 1. The maximum absolute atomic E-state index is 13.6. The second kappa shape index (κ2) is 9.80. The van der Waals surface area contributed by atoms with Gasteiger partial charge in [-0.15, -0.1) is 11.3 Å². The van der Waals surface area contributed by atoms with Crippen molar-refractivity contribution in [1.29, 1.82) is 0 Å². The molecule has 8 nitrogen and oxygen atoms in total. The molecule has 0 bridgehead atoms. The summed E-state index contributed by atoms with van der Waals surface area (Å²) in [7, 11) is 1.62. The summed E-state index contributed by atoms with van der Waals surface area (Å²) in [6.45, 7) is 8.61. The van der Waals surface area contributed by atoms with Crippen LogP contribution in [-0.4, -0.2) is 38.7 Å². The number of carbonyl (C=O) groups is 1. The van der Waals surface area contributed by atoms with E-state index < -0.39 is 0 Å². The quantitative estimate of drug-likeness (QED) is 0.413.